The van der Waals surface area contributed by atoms with Crippen molar-refractivity contribution in [3.05, 3.63) is 0 Å². The first-order valence-electron chi connectivity index (χ1n) is 8.42. The summed E-state index contributed by atoms with van der Waals surface area (Å²) in [4.78, 5) is 26.0. The second kappa shape index (κ2) is 9.77. The average Bonchev–Trinajstić information content (AvgIpc) is 2.52. The van der Waals surface area contributed by atoms with E-state index in [0.717, 1.165) is 51.5 Å². The Kier molecular flexibility index (Phi) is 8.35. The van der Waals surface area contributed by atoms with Gasteiger partial charge in [-0.3, -0.25) is 9.59 Å². The Hall–Kier alpha value is -1.10. The Bertz CT molecular complexity index is 325. The lowest BCUT2D eigenvalue weighted by Crippen LogP contribution is -2.48. The quantitative estimate of drug-likeness (QED) is 0.669. The Morgan fingerprint density at radius 1 is 1.19 bits per heavy atom. The number of nitrogens with zero attached hydrogens (tertiary/aromatic N) is 1. The van der Waals surface area contributed by atoms with Crippen LogP contribution in [0, 0.1) is 5.92 Å². The maximum atomic E-state index is 12.2. The minimum Gasteiger partial charge on any atom is -0.356 e. The Morgan fingerprint density at radius 3 is 2.38 bits per heavy atom. The summed E-state index contributed by atoms with van der Waals surface area (Å²) >= 11 is 0. The molecule has 21 heavy (non-hydrogen) atoms. The average molecular weight is 297 g/mol. The highest BCUT2D eigenvalue weighted by Gasteiger charge is 2.29. The molecule has 0 spiro atoms. The Labute approximate surface area is 128 Å². The number of rotatable bonds is 8. The van der Waals surface area contributed by atoms with Gasteiger partial charge in [-0.05, 0) is 25.7 Å². The number of unbranched alkanes of at least 4 members (excludes halogenated alkanes) is 2. The largest absolute Gasteiger partial charge is 0.356 e. The van der Waals surface area contributed by atoms with Crippen LogP contribution in [0.4, 0.5) is 0 Å². The van der Waals surface area contributed by atoms with Gasteiger partial charge in [0, 0.05) is 25.6 Å². The molecule has 1 aliphatic rings. The molecule has 0 unspecified atom stereocenters. The van der Waals surface area contributed by atoms with Crippen LogP contribution in [0.15, 0.2) is 0 Å². The van der Waals surface area contributed by atoms with E-state index in [1.54, 1.807) is 0 Å². The predicted molar refractivity (Wildman–Crippen MR) is 84.7 cm³/mol. The summed E-state index contributed by atoms with van der Waals surface area (Å²) in [5.41, 5.74) is 5.94. The number of hydrogen-bond acceptors (Lipinski definition) is 3. The van der Waals surface area contributed by atoms with Crippen LogP contribution in [0.3, 0.4) is 0 Å². The van der Waals surface area contributed by atoms with Crippen LogP contribution in [-0.4, -0.2) is 42.4 Å². The smallest absolute Gasteiger partial charge is 0.239 e. The molecule has 1 atom stereocenters. The van der Waals surface area contributed by atoms with Crippen LogP contribution in [-0.2, 0) is 9.59 Å². The highest BCUT2D eigenvalue weighted by molar-refractivity contribution is 5.82. The van der Waals surface area contributed by atoms with Crippen LogP contribution in [0.1, 0.15) is 58.8 Å². The third kappa shape index (κ3) is 6.04. The van der Waals surface area contributed by atoms with E-state index < -0.39 is 0 Å². The molecule has 1 rings (SSSR count). The van der Waals surface area contributed by atoms with Gasteiger partial charge in [0.1, 0.15) is 0 Å². The van der Waals surface area contributed by atoms with E-state index in [9.17, 15) is 9.59 Å². The molecule has 5 nitrogen and oxygen atoms in total. The van der Waals surface area contributed by atoms with Crippen molar-refractivity contribution in [1.82, 2.24) is 10.2 Å². The number of likely N-dealkylation sites (tertiary alicyclic amines) is 1. The number of amides is 2. The maximum absolute atomic E-state index is 12.2. The van der Waals surface area contributed by atoms with Gasteiger partial charge in [0.2, 0.25) is 11.8 Å². The topological polar surface area (TPSA) is 75.4 Å². The molecular weight excluding hydrogens is 266 g/mol. The Balaban J connectivity index is 2.31. The molecule has 1 fully saturated rings. The molecule has 5 heteroatoms. The lowest BCUT2D eigenvalue weighted by molar-refractivity contribution is -0.136. The van der Waals surface area contributed by atoms with Crippen molar-refractivity contribution >= 4 is 11.8 Å². The summed E-state index contributed by atoms with van der Waals surface area (Å²) in [7, 11) is 0. The van der Waals surface area contributed by atoms with Gasteiger partial charge in [-0.2, -0.15) is 0 Å². The van der Waals surface area contributed by atoms with E-state index in [2.05, 4.69) is 19.2 Å². The van der Waals surface area contributed by atoms with E-state index in [0.29, 0.717) is 13.1 Å². The fourth-order valence-corrected chi connectivity index (χ4v) is 2.68. The molecule has 0 radical (unpaired) electrons. The molecule has 0 aromatic heterocycles. The van der Waals surface area contributed by atoms with Crippen molar-refractivity contribution in [2.24, 2.45) is 11.7 Å². The third-order valence-electron chi connectivity index (χ3n) is 4.19. The summed E-state index contributed by atoms with van der Waals surface area (Å²) in [5.74, 6) is 0.247. The molecule has 0 saturated carbocycles. The number of hydrogen-bond donors (Lipinski definition) is 2. The second-order valence-electron chi connectivity index (χ2n) is 5.99. The first-order chi connectivity index (χ1) is 10.1. The highest BCUT2D eigenvalue weighted by Crippen LogP contribution is 2.18. The van der Waals surface area contributed by atoms with Crippen LogP contribution in [0.5, 0.6) is 0 Å². The molecule has 0 aromatic rings. The second-order valence-corrected chi connectivity index (χ2v) is 5.99. The standard InChI is InChI=1S/C16H31N3O2/c1-3-5-7-14(17)16(21)19-11-8-13(9-12-19)15(20)18-10-6-4-2/h13-14H,3-12,17H2,1-2H3,(H,18,20)/t14-/m0/s1. The summed E-state index contributed by atoms with van der Waals surface area (Å²) < 4.78 is 0. The number of piperidine rings is 1. The van der Waals surface area contributed by atoms with Gasteiger partial charge in [0.25, 0.3) is 0 Å². The lowest BCUT2D eigenvalue weighted by Gasteiger charge is -2.33. The van der Waals surface area contributed by atoms with Gasteiger partial charge in [-0.25, -0.2) is 0 Å². The van der Waals surface area contributed by atoms with Crippen LogP contribution < -0.4 is 11.1 Å². The van der Waals surface area contributed by atoms with Gasteiger partial charge in [-0.1, -0.05) is 33.1 Å². The van der Waals surface area contributed by atoms with Crippen molar-refractivity contribution in [3.8, 4) is 0 Å². The zero-order valence-electron chi connectivity index (χ0n) is 13.6. The summed E-state index contributed by atoms with van der Waals surface area (Å²) in [6.07, 6.45) is 6.42. The first kappa shape index (κ1) is 18.0. The maximum Gasteiger partial charge on any atom is 0.239 e. The van der Waals surface area contributed by atoms with Crippen molar-refractivity contribution in [2.45, 2.75) is 64.8 Å². The molecule has 1 saturated heterocycles. The van der Waals surface area contributed by atoms with Gasteiger partial charge >= 0.3 is 0 Å². The number of carbonyl (C=O) groups is 2. The third-order valence-corrected chi connectivity index (χ3v) is 4.19. The highest BCUT2D eigenvalue weighted by atomic mass is 16.2. The predicted octanol–water partition coefficient (Wildman–Crippen LogP) is 1.66. The molecule has 122 valence electrons. The van der Waals surface area contributed by atoms with E-state index in [1.165, 1.54) is 0 Å². The molecule has 0 aromatic carbocycles. The zero-order chi connectivity index (χ0) is 15.7. The Morgan fingerprint density at radius 2 is 1.81 bits per heavy atom. The summed E-state index contributed by atoms with van der Waals surface area (Å²) in [6.45, 7) is 6.28. The fraction of sp³-hybridized carbons (Fsp3) is 0.875. The van der Waals surface area contributed by atoms with Crippen molar-refractivity contribution in [1.29, 1.82) is 0 Å². The van der Waals surface area contributed by atoms with E-state index in [1.807, 2.05) is 4.90 Å². The number of carbonyl (C=O) groups excluding carboxylic acids is 2. The molecule has 1 aliphatic heterocycles. The van der Waals surface area contributed by atoms with Crippen molar-refractivity contribution < 1.29 is 9.59 Å². The minimum atomic E-state index is -0.375. The summed E-state index contributed by atoms with van der Waals surface area (Å²) in [5, 5.41) is 2.98. The van der Waals surface area contributed by atoms with Crippen LogP contribution >= 0.6 is 0 Å². The van der Waals surface area contributed by atoms with E-state index in [4.69, 9.17) is 5.73 Å². The molecule has 1 heterocycles. The number of nitrogens with one attached hydrogen (secondary N) is 1. The molecular formula is C16H31N3O2. The summed E-state index contributed by atoms with van der Waals surface area (Å²) in [6, 6.07) is -0.375. The van der Waals surface area contributed by atoms with Gasteiger partial charge in [0.05, 0.1) is 6.04 Å². The van der Waals surface area contributed by atoms with Gasteiger partial charge in [0.15, 0.2) is 0 Å². The normalized spacial score (nSPS) is 17.6. The van der Waals surface area contributed by atoms with E-state index >= 15 is 0 Å². The number of nitrogens with two attached hydrogens (primary N) is 1. The van der Waals surface area contributed by atoms with Gasteiger partial charge in [-0.15, -0.1) is 0 Å². The molecule has 0 bridgehead atoms. The molecule has 2 amide bonds. The fourth-order valence-electron chi connectivity index (χ4n) is 2.68. The van der Waals surface area contributed by atoms with Crippen LogP contribution in [0.2, 0.25) is 0 Å². The van der Waals surface area contributed by atoms with Crippen molar-refractivity contribution in [3.63, 3.8) is 0 Å². The first-order valence-corrected chi connectivity index (χ1v) is 8.42. The van der Waals surface area contributed by atoms with Crippen LogP contribution in [0.25, 0.3) is 0 Å². The van der Waals surface area contributed by atoms with Crippen molar-refractivity contribution in [2.75, 3.05) is 19.6 Å². The van der Waals surface area contributed by atoms with Gasteiger partial charge < -0.3 is 16.0 Å². The monoisotopic (exact) mass is 297 g/mol. The van der Waals surface area contributed by atoms with E-state index in [-0.39, 0.29) is 23.8 Å². The SMILES string of the molecule is CCCCNC(=O)C1CCN(C(=O)[C@@H](N)CCCC)CC1. The minimum absolute atomic E-state index is 0.0493. The lowest BCUT2D eigenvalue weighted by atomic mass is 9.95. The zero-order valence-corrected chi connectivity index (χ0v) is 13.6. The molecule has 0 aliphatic carbocycles. The molecule has 3 N–H and O–H groups in total.